The zero-order valence-electron chi connectivity index (χ0n) is 13.8. The first kappa shape index (κ1) is 15.6. The van der Waals surface area contributed by atoms with Gasteiger partial charge in [-0.1, -0.05) is 24.3 Å². The number of Topliss-reactive ketones (excluding diaryl/α,β-unsaturated/α-hetero) is 1. The Morgan fingerprint density at radius 1 is 1.24 bits per heavy atom. The third-order valence-electron chi connectivity index (χ3n) is 5.21. The van der Waals surface area contributed by atoms with Crippen LogP contribution in [0.5, 0.6) is 0 Å². The van der Waals surface area contributed by atoms with E-state index in [1.54, 1.807) is 19.1 Å². The Hall–Kier alpha value is -2.95. The Kier molecular flexibility index (Phi) is 3.64. The van der Waals surface area contributed by atoms with Crippen LogP contribution in [0.25, 0.3) is 0 Å². The van der Waals surface area contributed by atoms with Crippen LogP contribution >= 0.6 is 0 Å². The number of allylic oxidation sites excluding steroid dienone is 2. The van der Waals surface area contributed by atoms with E-state index in [4.69, 9.17) is 0 Å². The van der Waals surface area contributed by atoms with Gasteiger partial charge >= 0.3 is 0 Å². The van der Waals surface area contributed by atoms with E-state index in [0.717, 1.165) is 23.2 Å². The second-order valence-electron chi connectivity index (χ2n) is 6.69. The van der Waals surface area contributed by atoms with Crippen LogP contribution in [0.2, 0.25) is 0 Å². The van der Waals surface area contributed by atoms with Crippen molar-refractivity contribution in [2.24, 2.45) is 5.92 Å². The molecule has 0 fully saturated rings. The van der Waals surface area contributed by atoms with Gasteiger partial charge in [-0.15, -0.1) is 0 Å². The fourth-order valence-corrected chi connectivity index (χ4v) is 3.98. The molecule has 0 radical (unpaired) electrons. The summed E-state index contributed by atoms with van der Waals surface area (Å²) < 4.78 is 0. The number of nitro benzene ring substituents is 1. The normalized spacial score (nSPS) is 23.5. The molecule has 25 heavy (non-hydrogen) atoms. The Bertz CT molecular complexity index is 904. The van der Waals surface area contributed by atoms with Gasteiger partial charge < -0.3 is 5.32 Å². The number of ketones is 1. The first-order valence-electron chi connectivity index (χ1n) is 8.37. The van der Waals surface area contributed by atoms with E-state index < -0.39 is 0 Å². The summed E-state index contributed by atoms with van der Waals surface area (Å²) >= 11 is 0. The summed E-state index contributed by atoms with van der Waals surface area (Å²) in [5.41, 5.74) is 3.88. The highest BCUT2D eigenvalue weighted by molar-refractivity contribution is 5.95. The van der Waals surface area contributed by atoms with Crippen LogP contribution in [0.15, 0.2) is 54.6 Å². The van der Waals surface area contributed by atoms with Gasteiger partial charge in [-0.3, -0.25) is 14.9 Å². The molecule has 2 aromatic carbocycles. The minimum absolute atomic E-state index is 0.00979. The third-order valence-corrected chi connectivity index (χ3v) is 5.21. The van der Waals surface area contributed by atoms with Crippen LogP contribution < -0.4 is 5.32 Å². The largest absolute Gasteiger partial charge is 0.378 e. The molecule has 0 saturated carbocycles. The molecule has 4 rings (SSSR count). The molecule has 0 saturated heterocycles. The molecule has 2 aliphatic rings. The lowest BCUT2D eigenvalue weighted by Crippen LogP contribution is -2.29. The van der Waals surface area contributed by atoms with Crippen LogP contribution in [0.4, 0.5) is 11.4 Å². The van der Waals surface area contributed by atoms with E-state index in [9.17, 15) is 14.9 Å². The van der Waals surface area contributed by atoms with Gasteiger partial charge in [0.15, 0.2) is 5.78 Å². The minimum Gasteiger partial charge on any atom is -0.378 e. The number of anilines is 1. The van der Waals surface area contributed by atoms with Crippen molar-refractivity contribution in [2.75, 3.05) is 5.32 Å². The van der Waals surface area contributed by atoms with Crippen LogP contribution in [-0.4, -0.2) is 10.7 Å². The van der Waals surface area contributed by atoms with Crippen molar-refractivity contribution in [2.45, 2.75) is 25.3 Å². The summed E-state index contributed by atoms with van der Waals surface area (Å²) in [7, 11) is 0. The zero-order chi connectivity index (χ0) is 17.6. The predicted octanol–water partition coefficient (Wildman–Crippen LogP) is 4.62. The van der Waals surface area contributed by atoms with Crippen molar-refractivity contribution in [1.82, 2.24) is 0 Å². The molecule has 0 amide bonds. The highest BCUT2D eigenvalue weighted by atomic mass is 16.6. The number of carbonyl (C=O) groups excluding carboxylic acids is 1. The lowest BCUT2D eigenvalue weighted by Gasteiger charge is -2.37. The summed E-state index contributed by atoms with van der Waals surface area (Å²) in [6.07, 6.45) is 5.27. The van der Waals surface area contributed by atoms with Crippen molar-refractivity contribution >= 4 is 17.2 Å². The Morgan fingerprint density at radius 3 is 2.84 bits per heavy atom. The van der Waals surface area contributed by atoms with Gasteiger partial charge in [0.2, 0.25) is 0 Å². The first-order valence-corrected chi connectivity index (χ1v) is 8.37. The monoisotopic (exact) mass is 334 g/mol. The lowest BCUT2D eigenvalue weighted by atomic mass is 9.76. The van der Waals surface area contributed by atoms with Gasteiger partial charge in [-0.05, 0) is 48.6 Å². The maximum absolute atomic E-state index is 11.7. The Labute approximate surface area is 145 Å². The SMILES string of the molecule is CC(=O)c1ccc2c(c1)[C@@H]1C=CC[C@H]1[C@H](c1cccc([N+](=O)[O-])c1)N2. The van der Waals surface area contributed by atoms with Crippen molar-refractivity contribution in [3.8, 4) is 0 Å². The van der Waals surface area contributed by atoms with Crippen LogP contribution in [0.1, 0.15) is 46.8 Å². The summed E-state index contributed by atoms with van der Waals surface area (Å²) in [5.74, 6) is 0.568. The maximum Gasteiger partial charge on any atom is 0.269 e. The number of benzene rings is 2. The van der Waals surface area contributed by atoms with E-state index in [0.29, 0.717) is 5.56 Å². The molecule has 126 valence electrons. The molecule has 1 N–H and O–H groups in total. The second-order valence-corrected chi connectivity index (χ2v) is 6.69. The standard InChI is InChI=1S/C20H18N2O3/c1-12(23)13-8-9-19-18(11-13)16-6-3-7-17(16)20(21-19)14-4-2-5-15(10-14)22(24)25/h2-6,8-11,16-17,20-21H,7H2,1H3/t16-,17-,20+/m1/s1. The molecule has 0 unspecified atom stereocenters. The number of carbonyl (C=O) groups is 1. The van der Waals surface area contributed by atoms with Gasteiger partial charge in [0.25, 0.3) is 5.69 Å². The number of nitrogens with zero attached hydrogens (tertiary/aromatic N) is 1. The predicted molar refractivity (Wildman–Crippen MR) is 95.9 cm³/mol. The molecular weight excluding hydrogens is 316 g/mol. The number of nitro groups is 1. The van der Waals surface area contributed by atoms with Crippen molar-refractivity contribution in [1.29, 1.82) is 0 Å². The average molecular weight is 334 g/mol. The molecule has 2 aromatic rings. The molecule has 1 heterocycles. The summed E-state index contributed by atoms with van der Waals surface area (Å²) in [6.45, 7) is 1.58. The molecule has 1 aliphatic carbocycles. The Morgan fingerprint density at radius 2 is 2.08 bits per heavy atom. The number of non-ortho nitro benzene ring substituents is 1. The summed E-state index contributed by atoms with van der Waals surface area (Å²) in [4.78, 5) is 22.5. The fraction of sp³-hybridized carbons (Fsp3) is 0.250. The van der Waals surface area contributed by atoms with E-state index >= 15 is 0 Å². The third kappa shape index (κ3) is 2.61. The topological polar surface area (TPSA) is 72.2 Å². The van der Waals surface area contributed by atoms with Gasteiger partial charge in [-0.2, -0.15) is 0 Å². The molecule has 0 bridgehead atoms. The zero-order valence-corrected chi connectivity index (χ0v) is 13.8. The molecule has 5 heteroatoms. The molecule has 5 nitrogen and oxygen atoms in total. The molecular formula is C20H18N2O3. The first-order chi connectivity index (χ1) is 12.0. The van der Waals surface area contributed by atoms with Gasteiger partial charge in [-0.25, -0.2) is 0 Å². The number of fused-ring (bicyclic) bond motifs is 3. The van der Waals surface area contributed by atoms with Crippen LogP contribution in [0, 0.1) is 16.0 Å². The highest BCUT2D eigenvalue weighted by Gasteiger charge is 2.38. The molecule has 3 atom stereocenters. The van der Waals surface area contributed by atoms with E-state index in [2.05, 4.69) is 17.5 Å². The van der Waals surface area contributed by atoms with Gasteiger partial charge in [0, 0.05) is 29.3 Å². The average Bonchev–Trinajstić information content (AvgIpc) is 3.10. The smallest absolute Gasteiger partial charge is 0.269 e. The molecule has 1 aliphatic heterocycles. The van der Waals surface area contributed by atoms with Crippen molar-refractivity contribution in [3.05, 3.63) is 81.4 Å². The molecule has 0 spiro atoms. The number of hydrogen-bond acceptors (Lipinski definition) is 4. The Balaban J connectivity index is 1.77. The number of hydrogen-bond donors (Lipinski definition) is 1. The van der Waals surface area contributed by atoms with Gasteiger partial charge in [0.05, 0.1) is 11.0 Å². The molecule has 0 aromatic heterocycles. The lowest BCUT2D eigenvalue weighted by molar-refractivity contribution is -0.384. The van der Waals surface area contributed by atoms with Gasteiger partial charge in [0.1, 0.15) is 0 Å². The van der Waals surface area contributed by atoms with Crippen molar-refractivity contribution < 1.29 is 9.72 Å². The highest BCUT2D eigenvalue weighted by Crippen LogP contribution is 2.50. The fourth-order valence-electron chi connectivity index (χ4n) is 3.98. The van der Waals surface area contributed by atoms with E-state index in [1.807, 2.05) is 24.3 Å². The summed E-state index contributed by atoms with van der Waals surface area (Å²) in [5, 5.41) is 14.6. The van der Waals surface area contributed by atoms with Crippen LogP contribution in [0.3, 0.4) is 0 Å². The summed E-state index contributed by atoms with van der Waals surface area (Å²) in [6, 6.07) is 12.6. The van der Waals surface area contributed by atoms with E-state index in [-0.39, 0.29) is 34.3 Å². The maximum atomic E-state index is 11.7. The quantitative estimate of drug-likeness (QED) is 0.385. The van der Waals surface area contributed by atoms with Crippen molar-refractivity contribution in [3.63, 3.8) is 0 Å². The second kappa shape index (κ2) is 5.84. The van der Waals surface area contributed by atoms with E-state index in [1.165, 1.54) is 6.07 Å². The number of rotatable bonds is 3. The minimum atomic E-state index is -0.357. The van der Waals surface area contributed by atoms with Crippen LogP contribution in [-0.2, 0) is 0 Å². The number of nitrogens with one attached hydrogen (secondary N) is 1.